The second kappa shape index (κ2) is 7.63. The summed E-state index contributed by atoms with van der Waals surface area (Å²) in [6, 6.07) is 4.85. The van der Waals surface area contributed by atoms with Crippen molar-refractivity contribution in [3.63, 3.8) is 0 Å². The molecule has 0 aliphatic carbocycles. The lowest BCUT2D eigenvalue weighted by molar-refractivity contribution is -0.142. The third kappa shape index (κ3) is 5.98. The number of halogens is 3. The summed E-state index contributed by atoms with van der Waals surface area (Å²) < 4.78 is 37.8. The molecule has 2 N–H and O–H groups in total. The van der Waals surface area contributed by atoms with Crippen molar-refractivity contribution in [2.24, 2.45) is 5.92 Å². The van der Waals surface area contributed by atoms with Gasteiger partial charge in [-0.1, -0.05) is 18.2 Å². The Morgan fingerprint density at radius 2 is 2.04 bits per heavy atom. The van der Waals surface area contributed by atoms with Gasteiger partial charge >= 0.3 is 12.1 Å². The van der Waals surface area contributed by atoms with Crippen LogP contribution in [0.3, 0.4) is 0 Å². The number of hydrogen-bond acceptors (Lipinski definition) is 3. The Hall–Kier alpha value is -2.56. The van der Waals surface area contributed by atoms with E-state index in [9.17, 15) is 22.8 Å². The zero-order valence-corrected chi connectivity index (χ0v) is 12.2. The molecule has 0 spiro atoms. The second-order valence-electron chi connectivity index (χ2n) is 5.10. The van der Waals surface area contributed by atoms with Crippen molar-refractivity contribution >= 4 is 11.9 Å². The van der Waals surface area contributed by atoms with Crippen molar-refractivity contribution in [1.82, 2.24) is 5.32 Å². The highest BCUT2D eigenvalue weighted by Crippen LogP contribution is 2.29. The highest BCUT2D eigenvalue weighted by molar-refractivity contribution is 5.84. The van der Waals surface area contributed by atoms with E-state index < -0.39 is 35.6 Å². The molecule has 1 rings (SSSR count). The number of benzene rings is 1. The van der Waals surface area contributed by atoms with E-state index in [1.54, 1.807) is 0 Å². The quantitative estimate of drug-likeness (QED) is 0.839. The minimum absolute atomic E-state index is 0.0832. The lowest BCUT2D eigenvalue weighted by Crippen LogP contribution is -2.42. The topological polar surface area (TPSA) is 90.2 Å². The molecule has 0 unspecified atom stereocenters. The molecule has 0 fully saturated rings. The number of carbonyl (C=O) groups excluding carboxylic acids is 1. The van der Waals surface area contributed by atoms with E-state index in [2.05, 4.69) is 5.32 Å². The molecule has 124 valence electrons. The minimum atomic E-state index is -4.52. The summed E-state index contributed by atoms with van der Waals surface area (Å²) in [6.07, 6.45) is -4.98. The van der Waals surface area contributed by atoms with Crippen molar-refractivity contribution in [2.75, 3.05) is 0 Å². The van der Waals surface area contributed by atoms with Crippen LogP contribution in [0, 0.1) is 17.2 Å². The largest absolute Gasteiger partial charge is 0.480 e. The molecule has 0 aliphatic rings. The summed E-state index contributed by atoms with van der Waals surface area (Å²) in [5.41, 5.74) is -0.759. The first kappa shape index (κ1) is 18.5. The Labute approximate surface area is 130 Å². The number of nitriles is 1. The van der Waals surface area contributed by atoms with Gasteiger partial charge in [-0.05, 0) is 25.0 Å². The van der Waals surface area contributed by atoms with Gasteiger partial charge in [0.05, 0.1) is 18.1 Å². The molecule has 8 heteroatoms. The highest BCUT2D eigenvalue weighted by Gasteiger charge is 2.30. The van der Waals surface area contributed by atoms with Crippen molar-refractivity contribution in [3.8, 4) is 6.07 Å². The van der Waals surface area contributed by atoms with Gasteiger partial charge < -0.3 is 10.4 Å². The van der Waals surface area contributed by atoms with Gasteiger partial charge in [-0.2, -0.15) is 18.4 Å². The molecule has 2 atom stereocenters. The van der Waals surface area contributed by atoms with Gasteiger partial charge in [0.2, 0.25) is 5.91 Å². The van der Waals surface area contributed by atoms with Crippen molar-refractivity contribution in [1.29, 1.82) is 5.26 Å². The standard InChI is InChI=1S/C15H15F3N2O3/c1-9(8-19)5-12(14(22)23)20-13(21)7-10-3-2-4-11(6-10)15(16,17)18/h2-4,6,9,12H,5,7H2,1H3,(H,20,21)(H,22,23)/t9-,12+/m1/s1. The number of nitrogens with zero attached hydrogens (tertiary/aromatic N) is 1. The molecule has 23 heavy (non-hydrogen) atoms. The molecule has 0 aromatic heterocycles. The molecule has 0 aliphatic heterocycles. The Kier molecular flexibility index (Phi) is 6.13. The van der Waals surface area contributed by atoms with Gasteiger partial charge in [0.1, 0.15) is 6.04 Å². The van der Waals surface area contributed by atoms with Crippen LogP contribution in [0.1, 0.15) is 24.5 Å². The zero-order chi connectivity index (χ0) is 17.6. The van der Waals surface area contributed by atoms with Crippen LogP contribution in [0.4, 0.5) is 13.2 Å². The second-order valence-corrected chi connectivity index (χ2v) is 5.10. The molecule has 0 radical (unpaired) electrons. The Balaban J connectivity index is 2.76. The number of carbonyl (C=O) groups is 2. The molecule has 0 heterocycles. The molecular formula is C15H15F3N2O3. The van der Waals surface area contributed by atoms with Crippen molar-refractivity contribution in [2.45, 2.75) is 32.0 Å². The number of nitrogens with one attached hydrogen (secondary N) is 1. The number of hydrogen-bond donors (Lipinski definition) is 2. The van der Waals surface area contributed by atoms with Gasteiger partial charge in [-0.25, -0.2) is 4.79 Å². The van der Waals surface area contributed by atoms with Crippen LogP contribution in [-0.2, 0) is 22.2 Å². The maximum Gasteiger partial charge on any atom is 0.416 e. The molecule has 0 bridgehead atoms. The molecule has 0 saturated heterocycles. The summed E-state index contributed by atoms with van der Waals surface area (Å²) in [4.78, 5) is 22.9. The van der Waals surface area contributed by atoms with Gasteiger partial charge in [-0.3, -0.25) is 4.79 Å². The fourth-order valence-electron chi connectivity index (χ4n) is 1.92. The molecule has 1 aromatic carbocycles. The molecule has 5 nitrogen and oxygen atoms in total. The van der Waals surface area contributed by atoms with Gasteiger partial charge in [0, 0.05) is 5.92 Å². The van der Waals surface area contributed by atoms with Gasteiger partial charge in [0.25, 0.3) is 0 Å². The van der Waals surface area contributed by atoms with Crippen LogP contribution in [0.15, 0.2) is 24.3 Å². The van der Waals surface area contributed by atoms with E-state index >= 15 is 0 Å². The van der Waals surface area contributed by atoms with Crippen molar-refractivity contribution < 1.29 is 27.9 Å². The number of aliphatic carboxylic acids is 1. The number of carboxylic acids is 1. The van der Waals surface area contributed by atoms with Crippen LogP contribution < -0.4 is 5.32 Å². The van der Waals surface area contributed by atoms with Crippen LogP contribution in [0.25, 0.3) is 0 Å². The van der Waals surface area contributed by atoms with Gasteiger partial charge in [-0.15, -0.1) is 0 Å². The monoisotopic (exact) mass is 328 g/mol. The Morgan fingerprint density at radius 3 is 2.57 bits per heavy atom. The number of alkyl halides is 3. The first-order valence-corrected chi connectivity index (χ1v) is 6.71. The van der Waals surface area contributed by atoms with Crippen LogP contribution >= 0.6 is 0 Å². The Bertz CT molecular complexity index is 623. The van der Waals surface area contributed by atoms with E-state index in [0.29, 0.717) is 0 Å². The molecule has 1 aromatic rings. The molecule has 1 amide bonds. The summed E-state index contributed by atoms with van der Waals surface area (Å²) in [5, 5.41) is 19.9. The summed E-state index contributed by atoms with van der Waals surface area (Å²) in [7, 11) is 0. The maximum absolute atomic E-state index is 12.6. The maximum atomic E-state index is 12.6. The fraction of sp³-hybridized carbons (Fsp3) is 0.400. The fourth-order valence-corrected chi connectivity index (χ4v) is 1.92. The van der Waals surface area contributed by atoms with E-state index in [0.717, 1.165) is 12.1 Å². The first-order chi connectivity index (χ1) is 10.6. The summed E-state index contributed by atoms with van der Waals surface area (Å²) in [6.45, 7) is 1.51. The average Bonchev–Trinajstić information content (AvgIpc) is 2.45. The number of amides is 1. The van der Waals surface area contributed by atoms with E-state index in [1.165, 1.54) is 19.1 Å². The number of carboxylic acid groups (broad SMARTS) is 1. The minimum Gasteiger partial charge on any atom is -0.480 e. The summed E-state index contributed by atoms with van der Waals surface area (Å²) >= 11 is 0. The SMILES string of the molecule is C[C@@H](C#N)C[C@H](NC(=O)Cc1cccc(C(F)(F)F)c1)C(=O)O. The van der Waals surface area contributed by atoms with Crippen LogP contribution in [0.5, 0.6) is 0 Å². The Morgan fingerprint density at radius 1 is 1.39 bits per heavy atom. The number of rotatable bonds is 6. The smallest absolute Gasteiger partial charge is 0.416 e. The van der Waals surface area contributed by atoms with Crippen LogP contribution in [-0.4, -0.2) is 23.0 Å². The predicted molar refractivity (Wildman–Crippen MR) is 74.1 cm³/mol. The summed E-state index contributed by atoms with van der Waals surface area (Å²) in [5.74, 6) is -2.60. The first-order valence-electron chi connectivity index (χ1n) is 6.71. The molecule has 0 saturated carbocycles. The van der Waals surface area contributed by atoms with E-state index in [-0.39, 0.29) is 18.4 Å². The van der Waals surface area contributed by atoms with Crippen molar-refractivity contribution in [3.05, 3.63) is 35.4 Å². The van der Waals surface area contributed by atoms with Gasteiger partial charge in [0.15, 0.2) is 0 Å². The lowest BCUT2D eigenvalue weighted by Gasteiger charge is -2.15. The van der Waals surface area contributed by atoms with Crippen LogP contribution in [0.2, 0.25) is 0 Å². The third-order valence-electron chi connectivity index (χ3n) is 3.06. The molecular weight excluding hydrogens is 313 g/mol. The zero-order valence-electron chi connectivity index (χ0n) is 12.2. The lowest BCUT2D eigenvalue weighted by atomic mass is 10.0. The average molecular weight is 328 g/mol. The highest BCUT2D eigenvalue weighted by atomic mass is 19.4. The third-order valence-corrected chi connectivity index (χ3v) is 3.06. The van der Waals surface area contributed by atoms with E-state index in [4.69, 9.17) is 10.4 Å². The normalized spacial score (nSPS) is 13.7. The predicted octanol–water partition coefficient (Wildman–Crippen LogP) is 2.37. The van der Waals surface area contributed by atoms with E-state index in [1.807, 2.05) is 6.07 Å².